The number of phenols is 1. The number of nitrogens with zero attached hydrogens (tertiary/aromatic N) is 2. The van der Waals surface area contributed by atoms with Crippen LogP contribution in [0.2, 0.25) is 0 Å². The Balaban J connectivity index is 1.80. The average molecular weight is 380 g/mol. The Kier molecular flexibility index (Phi) is 5.59. The van der Waals surface area contributed by atoms with Crippen molar-refractivity contribution >= 4 is 11.6 Å². The molecule has 0 aliphatic carbocycles. The van der Waals surface area contributed by atoms with Gasteiger partial charge in [-0.3, -0.25) is 9.89 Å². The maximum absolute atomic E-state index is 12.4. The van der Waals surface area contributed by atoms with E-state index in [2.05, 4.69) is 20.7 Å². The van der Waals surface area contributed by atoms with E-state index in [1.807, 2.05) is 0 Å². The molecule has 144 valence electrons. The van der Waals surface area contributed by atoms with Crippen LogP contribution in [-0.4, -0.2) is 41.1 Å². The second-order valence-electron chi connectivity index (χ2n) is 5.89. The first-order valence-corrected chi connectivity index (χ1v) is 8.44. The fraction of sp³-hybridized carbons (Fsp3) is 0.150. The van der Waals surface area contributed by atoms with E-state index in [9.17, 15) is 9.90 Å². The van der Waals surface area contributed by atoms with E-state index in [-0.39, 0.29) is 11.4 Å². The van der Waals surface area contributed by atoms with Gasteiger partial charge in [0.25, 0.3) is 5.91 Å². The van der Waals surface area contributed by atoms with E-state index >= 15 is 0 Å². The van der Waals surface area contributed by atoms with Gasteiger partial charge < -0.3 is 14.6 Å². The zero-order chi connectivity index (χ0) is 20.1. The van der Waals surface area contributed by atoms with Crippen LogP contribution < -0.4 is 14.9 Å². The van der Waals surface area contributed by atoms with E-state index in [0.717, 1.165) is 0 Å². The molecule has 0 radical (unpaired) electrons. The summed E-state index contributed by atoms with van der Waals surface area (Å²) >= 11 is 0. The van der Waals surface area contributed by atoms with Crippen LogP contribution in [0.15, 0.2) is 53.6 Å². The van der Waals surface area contributed by atoms with Crippen molar-refractivity contribution in [3.63, 3.8) is 0 Å². The Morgan fingerprint density at radius 1 is 1.14 bits per heavy atom. The summed E-state index contributed by atoms with van der Waals surface area (Å²) in [5, 5.41) is 20.8. The molecule has 0 saturated heterocycles. The molecule has 0 saturated carbocycles. The van der Waals surface area contributed by atoms with Gasteiger partial charge in [-0.05, 0) is 43.3 Å². The maximum atomic E-state index is 12.4. The summed E-state index contributed by atoms with van der Waals surface area (Å²) in [6, 6.07) is 13.7. The first-order chi connectivity index (χ1) is 13.5. The highest BCUT2D eigenvalue weighted by atomic mass is 16.5. The standard InChI is InChI=1S/C20H20N4O4/c1-12(14-6-4-5-7-18(14)25)21-24-20(26)17-11-16(22-23-17)15-10-13(27-2)8-9-19(15)28-3/h4-11,25H,1-3H3,(H,22,23)(H,24,26). The van der Waals surface area contributed by atoms with Gasteiger partial charge in [-0.25, -0.2) is 5.43 Å². The molecule has 0 spiro atoms. The monoisotopic (exact) mass is 380 g/mol. The molecule has 3 aromatic rings. The number of hydrogen-bond donors (Lipinski definition) is 3. The highest BCUT2D eigenvalue weighted by Gasteiger charge is 2.15. The van der Waals surface area contributed by atoms with Crippen LogP contribution >= 0.6 is 0 Å². The first-order valence-electron chi connectivity index (χ1n) is 8.44. The Morgan fingerprint density at radius 2 is 1.93 bits per heavy atom. The van der Waals surface area contributed by atoms with Gasteiger partial charge in [0.15, 0.2) is 0 Å². The number of benzene rings is 2. The van der Waals surface area contributed by atoms with Gasteiger partial charge in [0.05, 0.1) is 25.6 Å². The molecule has 28 heavy (non-hydrogen) atoms. The lowest BCUT2D eigenvalue weighted by molar-refractivity contribution is 0.0950. The number of nitrogens with one attached hydrogen (secondary N) is 2. The molecule has 3 N–H and O–H groups in total. The van der Waals surface area contributed by atoms with Crippen molar-refractivity contribution < 1.29 is 19.4 Å². The van der Waals surface area contributed by atoms with Gasteiger partial charge in [0.1, 0.15) is 22.9 Å². The van der Waals surface area contributed by atoms with Crippen LogP contribution in [0.3, 0.4) is 0 Å². The fourth-order valence-electron chi connectivity index (χ4n) is 2.62. The number of aromatic nitrogens is 2. The SMILES string of the molecule is COc1ccc(OC)c(-c2cc(C(=O)NN=C(C)c3ccccc3O)[nH]n2)c1. The third-order valence-electron chi connectivity index (χ3n) is 4.12. The molecule has 0 fully saturated rings. The van der Waals surface area contributed by atoms with Gasteiger partial charge in [-0.2, -0.15) is 10.2 Å². The number of aromatic hydroxyl groups is 1. The largest absolute Gasteiger partial charge is 0.507 e. The van der Waals surface area contributed by atoms with Gasteiger partial charge in [0.2, 0.25) is 0 Å². The van der Waals surface area contributed by atoms with Gasteiger partial charge >= 0.3 is 0 Å². The first kappa shape index (κ1) is 19.0. The van der Waals surface area contributed by atoms with E-state index in [1.165, 1.54) is 0 Å². The van der Waals surface area contributed by atoms with Crippen LogP contribution in [0.4, 0.5) is 0 Å². The lowest BCUT2D eigenvalue weighted by atomic mass is 10.1. The lowest BCUT2D eigenvalue weighted by Crippen LogP contribution is -2.19. The zero-order valence-electron chi connectivity index (χ0n) is 15.7. The predicted octanol–water partition coefficient (Wildman–Crippen LogP) is 2.95. The van der Waals surface area contributed by atoms with Crippen LogP contribution in [0.25, 0.3) is 11.3 Å². The Bertz CT molecular complexity index is 1030. The third-order valence-corrected chi connectivity index (χ3v) is 4.12. The number of carbonyl (C=O) groups is 1. The summed E-state index contributed by atoms with van der Waals surface area (Å²) < 4.78 is 10.6. The summed E-state index contributed by atoms with van der Waals surface area (Å²) in [7, 11) is 3.13. The number of rotatable bonds is 6. The summed E-state index contributed by atoms with van der Waals surface area (Å²) in [6.45, 7) is 1.69. The average Bonchev–Trinajstić information content (AvgIpc) is 3.21. The highest BCUT2D eigenvalue weighted by Crippen LogP contribution is 2.32. The second-order valence-corrected chi connectivity index (χ2v) is 5.89. The fourth-order valence-corrected chi connectivity index (χ4v) is 2.62. The zero-order valence-corrected chi connectivity index (χ0v) is 15.7. The molecule has 0 atom stereocenters. The topological polar surface area (TPSA) is 109 Å². The maximum Gasteiger partial charge on any atom is 0.289 e. The highest BCUT2D eigenvalue weighted by molar-refractivity contribution is 6.02. The van der Waals surface area contributed by atoms with E-state index < -0.39 is 5.91 Å². The molecule has 0 aliphatic rings. The number of aromatic amines is 1. The number of para-hydroxylation sites is 1. The van der Waals surface area contributed by atoms with Crippen molar-refractivity contribution in [3.8, 4) is 28.5 Å². The number of carbonyl (C=O) groups excluding carboxylic acids is 1. The van der Waals surface area contributed by atoms with Crippen molar-refractivity contribution in [2.24, 2.45) is 5.10 Å². The molecule has 3 rings (SSSR count). The number of hydrazone groups is 1. The van der Waals surface area contributed by atoms with Gasteiger partial charge in [-0.15, -0.1) is 0 Å². The molecule has 1 amide bonds. The summed E-state index contributed by atoms with van der Waals surface area (Å²) in [6.07, 6.45) is 0. The number of hydrogen-bond acceptors (Lipinski definition) is 6. The third kappa shape index (κ3) is 3.96. The molecule has 1 heterocycles. The number of H-pyrrole nitrogens is 1. The van der Waals surface area contributed by atoms with Crippen molar-refractivity contribution in [3.05, 3.63) is 59.8 Å². The molecule has 0 aliphatic heterocycles. The van der Waals surface area contributed by atoms with E-state index in [0.29, 0.717) is 34.0 Å². The van der Waals surface area contributed by atoms with Crippen molar-refractivity contribution in [2.45, 2.75) is 6.92 Å². The smallest absolute Gasteiger partial charge is 0.289 e. The minimum atomic E-state index is -0.463. The Hall–Kier alpha value is -3.81. The van der Waals surface area contributed by atoms with Crippen molar-refractivity contribution in [1.82, 2.24) is 15.6 Å². The lowest BCUT2D eigenvalue weighted by Gasteiger charge is -2.08. The molecule has 0 unspecified atom stereocenters. The normalized spacial score (nSPS) is 11.2. The van der Waals surface area contributed by atoms with Crippen LogP contribution in [0, 0.1) is 0 Å². The Labute approximate surface area is 161 Å². The van der Waals surface area contributed by atoms with Crippen LogP contribution in [0.5, 0.6) is 17.2 Å². The van der Waals surface area contributed by atoms with E-state index in [4.69, 9.17) is 9.47 Å². The molecule has 8 nitrogen and oxygen atoms in total. The van der Waals surface area contributed by atoms with Crippen molar-refractivity contribution in [2.75, 3.05) is 14.2 Å². The summed E-state index contributed by atoms with van der Waals surface area (Å²) in [4.78, 5) is 12.4. The molecular formula is C20H20N4O4. The number of amides is 1. The van der Waals surface area contributed by atoms with Gasteiger partial charge in [-0.1, -0.05) is 12.1 Å². The molecule has 8 heteroatoms. The second kappa shape index (κ2) is 8.26. The minimum Gasteiger partial charge on any atom is -0.507 e. The van der Waals surface area contributed by atoms with E-state index in [1.54, 1.807) is 69.7 Å². The number of phenolic OH excluding ortho intramolecular Hbond substituents is 1. The summed E-state index contributed by atoms with van der Waals surface area (Å²) in [5.74, 6) is 0.878. The number of ether oxygens (including phenoxy) is 2. The molecule has 1 aromatic heterocycles. The molecule has 2 aromatic carbocycles. The van der Waals surface area contributed by atoms with Crippen LogP contribution in [-0.2, 0) is 0 Å². The Morgan fingerprint density at radius 3 is 2.64 bits per heavy atom. The molecular weight excluding hydrogens is 360 g/mol. The minimum absolute atomic E-state index is 0.0898. The van der Waals surface area contributed by atoms with Gasteiger partial charge in [0, 0.05) is 11.1 Å². The number of methoxy groups -OCH3 is 2. The van der Waals surface area contributed by atoms with Crippen molar-refractivity contribution in [1.29, 1.82) is 0 Å². The van der Waals surface area contributed by atoms with Crippen LogP contribution in [0.1, 0.15) is 23.0 Å². The molecule has 0 bridgehead atoms. The summed E-state index contributed by atoms with van der Waals surface area (Å²) in [5.41, 5.74) is 4.91. The quantitative estimate of drug-likeness (QED) is 0.450. The predicted molar refractivity (Wildman–Crippen MR) is 105 cm³/mol.